The van der Waals surface area contributed by atoms with Crippen LogP contribution < -0.4 is 10.6 Å². The van der Waals surface area contributed by atoms with Crippen LogP contribution in [0.1, 0.15) is 26.4 Å². The Bertz CT molecular complexity index is 1120. The van der Waals surface area contributed by atoms with E-state index in [4.69, 9.17) is 0 Å². The summed E-state index contributed by atoms with van der Waals surface area (Å²) in [6.45, 7) is 1.75. The van der Waals surface area contributed by atoms with Crippen LogP contribution in [0.2, 0.25) is 0 Å². The average molecular weight is 489 g/mol. The van der Waals surface area contributed by atoms with Crippen LogP contribution in [0.5, 0.6) is 0 Å². The van der Waals surface area contributed by atoms with Gasteiger partial charge in [-0.2, -0.15) is 0 Å². The smallest absolute Gasteiger partial charge is 0.270 e. The van der Waals surface area contributed by atoms with Crippen LogP contribution in [0, 0.1) is 17.0 Å². The van der Waals surface area contributed by atoms with Crippen molar-refractivity contribution >= 4 is 49.9 Å². The summed E-state index contributed by atoms with van der Waals surface area (Å²) in [7, 11) is 0. The number of hydrogen-bond donors (Lipinski definition) is 2. The fourth-order valence-corrected chi connectivity index (χ4v) is 3.76. The topological polar surface area (TPSA) is 114 Å². The van der Waals surface area contributed by atoms with Gasteiger partial charge in [0.2, 0.25) is 5.91 Å². The number of rotatable bonds is 7. The van der Waals surface area contributed by atoms with Crippen LogP contribution in [0.3, 0.4) is 0 Å². The summed E-state index contributed by atoms with van der Waals surface area (Å²) >= 11 is 4.84. The van der Waals surface area contributed by atoms with Crippen molar-refractivity contribution in [1.82, 2.24) is 10.3 Å². The maximum atomic E-state index is 12.1. The number of carbonyl (C=O) groups is 2. The van der Waals surface area contributed by atoms with E-state index in [1.54, 1.807) is 6.20 Å². The minimum absolute atomic E-state index is 0.110. The van der Waals surface area contributed by atoms with Gasteiger partial charge in [0.1, 0.15) is 0 Å². The van der Waals surface area contributed by atoms with E-state index < -0.39 is 16.7 Å². The molecule has 2 aromatic carbocycles. The number of aryl methyl sites for hydroxylation is 1. The van der Waals surface area contributed by atoms with E-state index in [2.05, 4.69) is 37.6 Å². The van der Waals surface area contributed by atoms with E-state index in [1.165, 1.54) is 29.5 Å². The van der Waals surface area contributed by atoms with Crippen molar-refractivity contribution in [2.24, 2.45) is 0 Å². The van der Waals surface area contributed by atoms with Crippen LogP contribution in [-0.2, 0) is 11.2 Å². The summed E-state index contributed by atoms with van der Waals surface area (Å²) in [6, 6.07) is 11.4. The Hall–Kier alpha value is -3.11. The van der Waals surface area contributed by atoms with Crippen LogP contribution in [-0.4, -0.2) is 28.3 Å². The number of amides is 2. The number of benzene rings is 2. The predicted octanol–water partition coefficient (Wildman–Crippen LogP) is 4.08. The van der Waals surface area contributed by atoms with Crippen LogP contribution in [0.4, 0.5) is 10.8 Å². The van der Waals surface area contributed by atoms with Crippen molar-refractivity contribution in [2.45, 2.75) is 13.3 Å². The van der Waals surface area contributed by atoms with E-state index in [1.807, 2.05) is 19.1 Å². The number of halogens is 1. The third-order valence-electron chi connectivity index (χ3n) is 4.13. The number of thiazole rings is 1. The number of hydrogen-bond acceptors (Lipinski definition) is 6. The number of aromatic nitrogens is 1. The zero-order chi connectivity index (χ0) is 21.7. The van der Waals surface area contributed by atoms with Crippen molar-refractivity contribution in [3.8, 4) is 0 Å². The van der Waals surface area contributed by atoms with Gasteiger partial charge in [0.25, 0.3) is 11.6 Å². The van der Waals surface area contributed by atoms with E-state index in [-0.39, 0.29) is 17.8 Å². The summed E-state index contributed by atoms with van der Waals surface area (Å²) < 4.78 is 1.05. The van der Waals surface area contributed by atoms with Crippen LogP contribution in [0.15, 0.2) is 53.1 Å². The summed E-state index contributed by atoms with van der Waals surface area (Å²) in [6.07, 6.45) is 2.41. The highest BCUT2D eigenvalue weighted by Gasteiger charge is 2.13. The molecule has 0 bridgehead atoms. The summed E-state index contributed by atoms with van der Waals surface area (Å²) in [5.74, 6) is -1.01. The fraction of sp³-hybridized carbons (Fsp3) is 0.150. The molecule has 0 atom stereocenters. The number of anilines is 1. The standard InChI is InChI=1S/C20H17BrN4O4S/c1-12-7-13(5-6-17(12)21)8-16-10-23-20(30-16)24-18(26)11-22-19(27)14-3-2-4-15(9-14)25(28)29/h2-7,9-10H,8,11H2,1H3,(H,22,27)(H,23,24,26). The first kappa shape index (κ1) is 21.6. The first-order valence-corrected chi connectivity index (χ1v) is 10.4. The summed E-state index contributed by atoms with van der Waals surface area (Å²) in [5.41, 5.74) is 2.20. The molecule has 10 heteroatoms. The SMILES string of the molecule is Cc1cc(Cc2cnc(NC(=O)CNC(=O)c3cccc([N+](=O)[O-])c3)s2)ccc1Br. The lowest BCUT2D eigenvalue weighted by Gasteiger charge is -2.05. The third kappa shape index (κ3) is 5.71. The number of nitrogens with zero attached hydrogens (tertiary/aromatic N) is 2. The molecule has 1 heterocycles. The van der Waals surface area contributed by atoms with Gasteiger partial charge < -0.3 is 10.6 Å². The van der Waals surface area contributed by atoms with E-state index in [9.17, 15) is 19.7 Å². The van der Waals surface area contributed by atoms with E-state index in [0.29, 0.717) is 11.6 Å². The number of nitro benzene ring substituents is 1. The Morgan fingerprint density at radius 1 is 1.23 bits per heavy atom. The van der Waals surface area contributed by atoms with E-state index >= 15 is 0 Å². The maximum absolute atomic E-state index is 12.1. The second kappa shape index (κ2) is 9.59. The molecular weight excluding hydrogens is 472 g/mol. The van der Waals surface area contributed by atoms with Gasteiger partial charge in [-0.05, 0) is 30.2 Å². The number of nitrogens with one attached hydrogen (secondary N) is 2. The highest BCUT2D eigenvalue weighted by molar-refractivity contribution is 9.10. The maximum Gasteiger partial charge on any atom is 0.270 e. The monoisotopic (exact) mass is 488 g/mol. The molecule has 0 fully saturated rings. The zero-order valence-corrected chi connectivity index (χ0v) is 18.2. The Labute approximate surface area is 184 Å². The van der Waals surface area contributed by atoms with Crippen molar-refractivity contribution in [2.75, 3.05) is 11.9 Å². The largest absolute Gasteiger partial charge is 0.343 e. The predicted molar refractivity (Wildman–Crippen MR) is 118 cm³/mol. The minimum atomic E-state index is -0.584. The highest BCUT2D eigenvalue weighted by atomic mass is 79.9. The van der Waals surface area contributed by atoms with Crippen LogP contribution in [0.25, 0.3) is 0 Å². The molecule has 3 rings (SSSR count). The molecule has 0 saturated carbocycles. The van der Waals surface area contributed by atoms with E-state index in [0.717, 1.165) is 26.5 Å². The highest BCUT2D eigenvalue weighted by Crippen LogP contribution is 2.23. The molecule has 2 N–H and O–H groups in total. The van der Waals surface area contributed by atoms with Gasteiger partial charge in [-0.1, -0.05) is 34.1 Å². The molecule has 154 valence electrons. The number of non-ortho nitro benzene ring substituents is 1. The lowest BCUT2D eigenvalue weighted by molar-refractivity contribution is -0.384. The van der Waals surface area contributed by atoms with Crippen molar-refractivity contribution in [3.63, 3.8) is 0 Å². The first-order valence-electron chi connectivity index (χ1n) is 8.84. The number of carbonyl (C=O) groups excluding carboxylic acids is 2. The molecule has 30 heavy (non-hydrogen) atoms. The van der Waals surface area contributed by atoms with Gasteiger partial charge in [0, 0.05) is 39.7 Å². The first-order chi connectivity index (χ1) is 14.3. The van der Waals surface area contributed by atoms with Gasteiger partial charge in [0.05, 0.1) is 11.5 Å². The van der Waals surface area contributed by atoms with Crippen LogP contribution >= 0.6 is 27.3 Å². The summed E-state index contributed by atoms with van der Waals surface area (Å²) in [4.78, 5) is 39.6. The molecule has 0 aliphatic carbocycles. The molecule has 3 aromatic rings. The molecule has 0 aliphatic rings. The molecule has 0 unspecified atom stereocenters. The second-order valence-corrected chi connectivity index (χ2v) is 8.40. The zero-order valence-electron chi connectivity index (χ0n) is 15.8. The van der Waals surface area contributed by atoms with Gasteiger partial charge in [-0.25, -0.2) is 4.98 Å². The van der Waals surface area contributed by atoms with Gasteiger partial charge in [-0.15, -0.1) is 11.3 Å². The van der Waals surface area contributed by atoms with Crippen molar-refractivity contribution in [1.29, 1.82) is 0 Å². The summed E-state index contributed by atoms with van der Waals surface area (Å²) in [5, 5.41) is 16.3. The molecule has 1 aromatic heterocycles. The van der Waals surface area contributed by atoms with Gasteiger partial charge in [-0.3, -0.25) is 19.7 Å². The molecular formula is C20H17BrN4O4S. The quantitative estimate of drug-likeness (QED) is 0.384. The van der Waals surface area contributed by atoms with Gasteiger partial charge in [0.15, 0.2) is 5.13 Å². The lowest BCUT2D eigenvalue weighted by Crippen LogP contribution is -2.32. The molecule has 0 aliphatic heterocycles. The molecule has 8 nitrogen and oxygen atoms in total. The lowest BCUT2D eigenvalue weighted by atomic mass is 10.1. The molecule has 2 amide bonds. The second-order valence-electron chi connectivity index (χ2n) is 6.43. The Kier molecular flexibility index (Phi) is 6.91. The molecule has 0 radical (unpaired) electrons. The normalized spacial score (nSPS) is 10.5. The minimum Gasteiger partial charge on any atom is -0.343 e. The van der Waals surface area contributed by atoms with Gasteiger partial charge >= 0.3 is 0 Å². The number of nitro groups is 1. The fourth-order valence-electron chi connectivity index (χ4n) is 2.65. The Balaban J connectivity index is 1.53. The molecule has 0 saturated heterocycles. The Morgan fingerprint density at radius 2 is 2.03 bits per heavy atom. The van der Waals surface area contributed by atoms with Crippen molar-refractivity contribution < 1.29 is 14.5 Å². The average Bonchev–Trinajstić information content (AvgIpc) is 3.15. The Morgan fingerprint density at radius 3 is 2.77 bits per heavy atom. The third-order valence-corrected chi connectivity index (χ3v) is 5.93. The van der Waals surface area contributed by atoms with Crippen molar-refractivity contribution in [3.05, 3.63) is 84.8 Å². The molecule has 0 spiro atoms.